The van der Waals surface area contributed by atoms with Crippen molar-refractivity contribution < 1.29 is 4.52 Å². The van der Waals surface area contributed by atoms with Crippen LogP contribution >= 0.6 is 0 Å². The molecule has 0 saturated heterocycles. The highest BCUT2D eigenvalue weighted by Crippen LogP contribution is 2.39. The van der Waals surface area contributed by atoms with E-state index in [1.165, 1.54) is 12.8 Å². The SMILES string of the molecule is Cc1noc(C)c1C1(N)CCCC1. The topological polar surface area (TPSA) is 52.0 Å². The lowest BCUT2D eigenvalue weighted by molar-refractivity contribution is 0.384. The molecule has 0 atom stereocenters. The molecule has 0 aromatic carbocycles. The van der Waals surface area contributed by atoms with Crippen LogP contribution in [-0.4, -0.2) is 5.16 Å². The summed E-state index contributed by atoms with van der Waals surface area (Å²) < 4.78 is 5.14. The predicted molar refractivity (Wildman–Crippen MR) is 50.3 cm³/mol. The first-order chi connectivity index (χ1) is 6.13. The lowest BCUT2D eigenvalue weighted by Gasteiger charge is -2.23. The fourth-order valence-electron chi connectivity index (χ4n) is 2.45. The maximum Gasteiger partial charge on any atom is 0.138 e. The average molecular weight is 180 g/mol. The van der Waals surface area contributed by atoms with Crippen molar-refractivity contribution in [1.82, 2.24) is 5.16 Å². The summed E-state index contributed by atoms with van der Waals surface area (Å²) in [5, 5.41) is 3.95. The number of nitrogens with zero attached hydrogens (tertiary/aromatic N) is 1. The molecule has 2 rings (SSSR count). The quantitative estimate of drug-likeness (QED) is 0.719. The van der Waals surface area contributed by atoms with Gasteiger partial charge in [-0.2, -0.15) is 0 Å². The molecule has 3 nitrogen and oxygen atoms in total. The van der Waals surface area contributed by atoms with Crippen LogP contribution in [0.15, 0.2) is 4.52 Å². The van der Waals surface area contributed by atoms with Crippen molar-refractivity contribution in [1.29, 1.82) is 0 Å². The Morgan fingerprint density at radius 3 is 2.38 bits per heavy atom. The molecule has 0 unspecified atom stereocenters. The summed E-state index contributed by atoms with van der Waals surface area (Å²) in [5.74, 6) is 0.891. The van der Waals surface area contributed by atoms with Crippen molar-refractivity contribution in [2.75, 3.05) is 0 Å². The van der Waals surface area contributed by atoms with Gasteiger partial charge < -0.3 is 10.3 Å². The van der Waals surface area contributed by atoms with Crippen molar-refractivity contribution in [3.63, 3.8) is 0 Å². The second-order valence-electron chi connectivity index (χ2n) is 4.06. The molecule has 1 heterocycles. The molecule has 1 aliphatic carbocycles. The van der Waals surface area contributed by atoms with E-state index in [0.717, 1.165) is 29.9 Å². The van der Waals surface area contributed by atoms with Gasteiger partial charge in [0.05, 0.1) is 5.69 Å². The zero-order valence-corrected chi connectivity index (χ0v) is 8.26. The lowest BCUT2D eigenvalue weighted by Crippen LogP contribution is -2.34. The highest BCUT2D eigenvalue weighted by Gasteiger charge is 2.35. The molecule has 72 valence electrons. The Morgan fingerprint density at radius 1 is 1.31 bits per heavy atom. The monoisotopic (exact) mass is 180 g/mol. The highest BCUT2D eigenvalue weighted by atomic mass is 16.5. The van der Waals surface area contributed by atoms with E-state index in [0.29, 0.717) is 0 Å². The van der Waals surface area contributed by atoms with Gasteiger partial charge in [-0.1, -0.05) is 18.0 Å². The zero-order valence-electron chi connectivity index (χ0n) is 8.26. The Bertz CT molecular complexity index is 291. The van der Waals surface area contributed by atoms with E-state index in [4.69, 9.17) is 10.3 Å². The van der Waals surface area contributed by atoms with Gasteiger partial charge in [-0.15, -0.1) is 0 Å². The summed E-state index contributed by atoms with van der Waals surface area (Å²) in [5.41, 5.74) is 8.27. The van der Waals surface area contributed by atoms with E-state index in [9.17, 15) is 0 Å². The lowest BCUT2D eigenvalue weighted by atomic mass is 9.88. The number of aryl methyl sites for hydroxylation is 2. The number of rotatable bonds is 1. The van der Waals surface area contributed by atoms with Gasteiger partial charge in [-0.3, -0.25) is 0 Å². The molecular weight excluding hydrogens is 164 g/mol. The molecule has 2 N–H and O–H groups in total. The second kappa shape index (κ2) is 2.84. The minimum Gasteiger partial charge on any atom is -0.361 e. The molecule has 13 heavy (non-hydrogen) atoms. The van der Waals surface area contributed by atoms with Gasteiger partial charge in [0.2, 0.25) is 0 Å². The third-order valence-corrected chi connectivity index (χ3v) is 3.03. The Balaban J connectivity index is 2.43. The van der Waals surface area contributed by atoms with Gasteiger partial charge in [0, 0.05) is 11.1 Å². The number of aromatic nitrogens is 1. The van der Waals surface area contributed by atoms with Gasteiger partial charge in [0.25, 0.3) is 0 Å². The minimum absolute atomic E-state index is 0.159. The largest absolute Gasteiger partial charge is 0.361 e. The molecule has 1 aromatic rings. The van der Waals surface area contributed by atoms with Crippen LogP contribution in [0.3, 0.4) is 0 Å². The van der Waals surface area contributed by atoms with E-state index in [-0.39, 0.29) is 5.54 Å². The number of hydrogen-bond donors (Lipinski definition) is 1. The van der Waals surface area contributed by atoms with Crippen molar-refractivity contribution in [2.45, 2.75) is 45.1 Å². The van der Waals surface area contributed by atoms with Crippen LogP contribution in [0.2, 0.25) is 0 Å². The highest BCUT2D eigenvalue weighted by molar-refractivity contribution is 5.30. The fraction of sp³-hybridized carbons (Fsp3) is 0.700. The van der Waals surface area contributed by atoms with Crippen LogP contribution in [-0.2, 0) is 5.54 Å². The summed E-state index contributed by atoms with van der Waals surface area (Å²) in [6, 6.07) is 0. The third-order valence-electron chi connectivity index (χ3n) is 3.03. The smallest absolute Gasteiger partial charge is 0.138 e. The van der Waals surface area contributed by atoms with E-state index in [1.807, 2.05) is 13.8 Å². The maximum absolute atomic E-state index is 6.33. The first-order valence-electron chi connectivity index (χ1n) is 4.86. The summed E-state index contributed by atoms with van der Waals surface area (Å²) in [6.45, 7) is 3.92. The molecule has 0 bridgehead atoms. The summed E-state index contributed by atoms with van der Waals surface area (Å²) in [7, 11) is 0. The van der Waals surface area contributed by atoms with Gasteiger partial charge in [-0.05, 0) is 26.7 Å². The van der Waals surface area contributed by atoms with E-state index >= 15 is 0 Å². The number of nitrogens with two attached hydrogens (primary N) is 1. The molecule has 1 aliphatic rings. The van der Waals surface area contributed by atoms with Crippen molar-refractivity contribution >= 4 is 0 Å². The van der Waals surface area contributed by atoms with E-state index < -0.39 is 0 Å². The fourth-order valence-corrected chi connectivity index (χ4v) is 2.45. The Labute approximate surface area is 78.3 Å². The van der Waals surface area contributed by atoms with Crippen molar-refractivity contribution in [3.8, 4) is 0 Å². The summed E-state index contributed by atoms with van der Waals surface area (Å²) >= 11 is 0. The van der Waals surface area contributed by atoms with Gasteiger partial charge in [0.1, 0.15) is 5.76 Å². The molecule has 0 radical (unpaired) electrons. The van der Waals surface area contributed by atoms with E-state index in [1.54, 1.807) is 0 Å². The molecule has 1 saturated carbocycles. The first kappa shape index (κ1) is 8.75. The zero-order chi connectivity index (χ0) is 9.47. The normalized spacial score (nSPS) is 20.8. The summed E-state index contributed by atoms with van der Waals surface area (Å²) in [4.78, 5) is 0. The Kier molecular flexibility index (Phi) is 1.91. The maximum atomic E-state index is 6.33. The van der Waals surface area contributed by atoms with Crippen molar-refractivity contribution in [2.24, 2.45) is 5.73 Å². The second-order valence-corrected chi connectivity index (χ2v) is 4.06. The number of hydrogen-bond acceptors (Lipinski definition) is 3. The van der Waals surface area contributed by atoms with Crippen molar-refractivity contribution in [3.05, 3.63) is 17.0 Å². The molecule has 3 heteroatoms. The Morgan fingerprint density at radius 2 is 1.92 bits per heavy atom. The standard InChI is InChI=1S/C10H16N2O/c1-7-9(8(2)13-12-7)10(11)5-3-4-6-10/h3-6,11H2,1-2H3. The molecule has 1 fully saturated rings. The molecular formula is C10H16N2O. The van der Waals surface area contributed by atoms with Crippen LogP contribution in [0.4, 0.5) is 0 Å². The third kappa shape index (κ3) is 1.27. The van der Waals surface area contributed by atoms with Gasteiger partial charge >= 0.3 is 0 Å². The minimum atomic E-state index is -0.159. The first-order valence-corrected chi connectivity index (χ1v) is 4.86. The van der Waals surface area contributed by atoms with Crippen LogP contribution in [0.5, 0.6) is 0 Å². The van der Waals surface area contributed by atoms with Crippen LogP contribution in [0.1, 0.15) is 42.7 Å². The molecule has 0 spiro atoms. The molecule has 0 aliphatic heterocycles. The summed E-state index contributed by atoms with van der Waals surface area (Å²) in [6.07, 6.45) is 4.58. The van der Waals surface area contributed by atoms with E-state index in [2.05, 4.69) is 5.16 Å². The van der Waals surface area contributed by atoms with Crippen LogP contribution < -0.4 is 5.73 Å². The predicted octanol–water partition coefficient (Wildman–Crippen LogP) is 2.02. The molecule has 0 amide bonds. The molecule has 1 aromatic heterocycles. The Hall–Kier alpha value is -0.830. The van der Waals surface area contributed by atoms with Crippen LogP contribution in [0.25, 0.3) is 0 Å². The average Bonchev–Trinajstić information content (AvgIpc) is 2.60. The van der Waals surface area contributed by atoms with Gasteiger partial charge in [0.15, 0.2) is 0 Å². The van der Waals surface area contributed by atoms with Crippen LogP contribution in [0, 0.1) is 13.8 Å². The van der Waals surface area contributed by atoms with Gasteiger partial charge in [-0.25, -0.2) is 0 Å².